The van der Waals surface area contributed by atoms with Crippen molar-refractivity contribution >= 4 is 17.5 Å². The van der Waals surface area contributed by atoms with Crippen molar-refractivity contribution in [2.45, 2.75) is 19.1 Å². The average molecular weight is 347 g/mol. The van der Waals surface area contributed by atoms with E-state index < -0.39 is 12.6 Å². The normalized spacial score (nSPS) is 26.9. The Morgan fingerprint density at radius 2 is 2.00 bits per heavy atom. The molecule has 1 aromatic rings. The fourth-order valence-electron chi connectivity index (χ4n) is 3.42. The van der Waals surface area contributed by atoms with Gasteiger partial charge in [0, 0.05) is 37.1 Å². The Morgan fingerprint density at radius 1 is 1.30 bits per heavy atom. The number of hydrogen-bond donors (Lipinski definition) is 1. The number of nitrogens with zero attached hydrogens (tertiary/aromatic N) is 1. The SMILES string of the molecule is O=C(NCc1cccc(Cl)c1)C1C2CN(CCC(F)(F)F)CC21. The summed E-state index contributed by atoms with van der Waals surface area (Å²) in [4.78, 5) is 14.0. The van der Waals surface area contributed by atoms with Crippen LogP contribution < -0.4 is 5.32 Å². The Hall–Kier alpha value is -1.27. The number of nitrogens with one attached hydrogen (secondary N) is 1. The molecule has 2 atom stereocenters. The van der Waals surface area contributed by atoms with Crippen LogP contribution in [0.5, 0.6) is 0 Å². The molecular formula is C16H18ClF3N2O. The van der Waals surface area contributed by atoms with Gasteiger partial charge in [0.25, 0.3) is 0 Å². The summed E-state index contributed by atoms with van der Waals surface area (Å²) in [5, 5.41) is 3.52. The summed E-state index contributed by atoms with van der Waals surface area (Å²) in [6.07, 6.45) is -4.89. The third-order valence-corrected chi connectivity index (χ3v) is 4.87. The number of carbonyl (C=O) groups is 1. The zero-order valence-corrected chi connectivity index (χ0v) is 13.2. The summed E-state index contributed by atoms with van der Waals surface area (Å²) in [5.41, 5.74) is 0.934. The Kier molecular flexibility index (Phi) is 4.56. The van der Waals surface area contributed by atoms with Crippen molar-refractivity contribution in [1.29, 1.82) is 0 Å². The number of piperidine rings is 1. The molecule has 1 aliphatic carbocycles. The zero-order valence-electron chi connectivity index (χ0n) is 12.4. The number of fused-ring (bicyclic) bond motifs is 1. The molecule has 3 rings (SSSR count). The van der Waals surface area contributed by atoms with Crippen molar-refractivity contribution in [3.8, 4) is 0 Å². The van der Waals surface area contributed by atoms with Crippen molar-refractivity contribution < 1.29 is 18.0 Å². The molecule has 7 heteroatoms. The average Bonchev–Trinajstić information content (AvgIpc) is 2.97. The second kappa shape index (κ2) is 6.32. The second-order valence-electron chi connectivity index (χ2n) is 6.33. The van der Waals surface area contributed by atoms with Crippen LogP contribution in [0.3, 0.4) is 0 Å². The molecule has 1 N–H and O–H groups in total. The van der Waals surface area contributed by atoms with Crippen molar-refractivity contribution in [3.63, 3.8) is 0 Å². The van der Waals surface area contributed by atoms with Crippen LogP contribution in [0.2, 0.25) is 5.02 Å². The molecule has 0 aromatic heterocycles. The Morgan fingerprint density at radius 3 is 2.61 bits per heavy atom. The Labute approximate surface area is 137 Å². The molecule has 126 valence electrons. The smallest absolute Gasteiger partial charge is 0.352 e. The predicted octanol–water partition coefficient (Wildman–Crippen LogP) is 3.09. The van der Waals surface area contributed by atoms with Gasteiger partial charge in [0.15, 0.2) is 0 Å². The highest BCUT2D eigenvalue weighted by Crippen LogP contribution is 2.51. The van der Waals surface area contributed by atoms with Gasteiger partial charge in [-0.25, -0.2) is 0 Å². The van der Waals surface area contributed by atoms with Crippen LogP contribution in [0.25, 0.3) is 0 Å². The monoisotopic (exact) mass is 346 g/mol. The van der Waals surface area contributed by atoms with Gasteiger partial charge in [-0.1, -0.05) is 23.7 Å². The van der Waals surface area contributed by atoms with Crippen LogP contribution in [0.15, 0.2) is 24.3 Å². The molecule has 23 heavy (non-hydrogen) atoms. The topological polar surface area (TPSA) is 32.3 Å². The molecule has 2 unspecified atom stereocenters. The van der Waals surface area contributed by atoms with E-state index in [0.717, 1.165) is 5.56 Å². The molecule has 1 saturated heterocycles. The van der Waals surface area contributed by atoms with Crippen LogP contribution in [-0.4, -0.2) is 36.6 Å². The Bertz CT molecular complexity index is 581. The molecule has 0 radical (unpaired) electrons. The fraction of sp³-hybridized carbons (Fsp3) is 0.562. The molecule has 0 spiro atoms. The van der Waals surface area contributed by atoms with Crippen LogP contribution in [0.1, 0.15) is 12.0 Å². The van der Waals surface area contributed by atoms with E-state index in [9.17, 15) is 18.0 Å². The Balaban J connectivity index is 1.41. The summed E-state index contributed by atoms with van der Waals surface area (Å²) in [6, 6.07) is 7.29. The number of hydrogen-bond acceptors (Lipinski definition) is 2. The lowest BCUT2D eigenvalue weighted by atomic mass is 10.2. The first kappa shape index (κ1) is 16.6. The number of benzene rings is 1. The third-order valence-electron chi connectivity index (χ3n) is 4.64. The summed E-state index contributed by atoms with van der Waals surface area (Å²) >= 11 is 5.89. The van der Waals surface area contributed by atoms with Gasteiger partial charge in [0.05, 0.1) is 6.42 Å². The van der Waals surface area contributed by atoms with Gasteiger partial charge < -0.3 is 10.2 Å². The number of rotatable bonds is 5. The van der Waals surface area contributed by atoms with E-state index >= 15 is 0 Å². The first-order valence-electron chi connectivity index (χ1n) is 7.65. The summed E-state index contributed by atoms with van der Waals surface area (Å²) in [5.74, 6) is 0.372. The van der Waals surface area contributed by atoms with E-state index in [4.69, 9.17) is 11.6 Å². The minimum atomic E-state index is -4.11. The predicted molar refractivity (Wildman–Crippen MR) is 80.9 cm³/mol. The lowest BCUT2D eigenvalue weighted by Gasteiger charge is -2.20. The highest BCUT2D eigenvalue weighted by atomic mass is 35.5. The van der Waals surface area contributed by atoms with E-state index in [1.54, 1.807) is 12.1 Å². The van der Waals surface area contributed by atoms with E-state index in [1.807, 2.05) is 17.0 Å². The highest BCUT2D eigenvalue weighted by Gasteiger charge is 2.59. The van der Waals surface area contributed by atoms with Crippen molar-refractivity contribution in [2.75, 3.05) is 19.6 Å². The second-order valence-corrected chi connectivity index (χ2v) is 6.76. The van der Waals surface area contributed by atoms with E-state index in [-0.39, 0.29) is 30.2 Å². The number of amides is 1. The lowest BCUT2D eigenvalue weighted by molar-refractivity contribution is -0.138. The van der Waals surface area contributed by atoms with Crippen LogP contribution in [0, 0.1) is 17.8 Å². The molecule has 1 heterocycles. The van der Waals surface area contributed by atoms with Crippen LogP contribution in [0.4, 0.5) is 13.2 Å². The first-order chi connectivity index (χ1) is 10.8. The van der Waals surface area contributed by atoms with Gasteiger partial charge in [-0.2, -0.15) is 13.2 Å². The summed E-state index contributed by atoms with van der Waals surface area (Å²) < 4.78 is 36.6. The van der Waals surface area contributed by atoms with Gasteiger partial charge in [-0.05, 0) is 29.5 Å². The zero-order chi connectivity index (χ0) is 16.6. The van der Waals surface area contributed by atoms with Crippen molar-refractivity contribution in [3.05, 3.63) is 34.9 Å². The largest absolute Gasteiger partial charge is 0.390 e. The molecule has 1 aliphatic heterocycles. The molecule has 0 bridgehead atoms. The lowest BCUT2D eigenvalue weighted by Crippen LogP contribution is -2.33. The molecule has 2 fully saturated rings. The maximum Gasteiger partial charge on any atom is 0.390 e. The van der Waals surface area contributed by atoms with E-state index in [2.05, 4.69) is 5.32 Å². The van der Waals surface area contributed by atoms with E-state index in [0.29, 0.717) is 24.7 Å². The number of halogens is 4. The molecule has 1 saturated carbocycles. The molecule has 1 amide bonds. The highest BCUT2D eigenvalue weighted by molar-refractivity contribution is 6.30. The first-order valence-corrected chi connectivity index (χ1v) is 8.02. The van der Waals surface area contributed by atoms with Crippen molar-refractivity contribution in [1.82, 2.24) is 10.2 Å². The van der Waals surface area contributed by atoms with Gasteiger partial charge in [-0.3, -0.25) is 4.79 Å². The summed E-state index contributed by atoms with van der Waals surface area (Å²) in [7, 11) is 0. The minimum absolute atomic E-state index is 0.00422. The minimum Gasteiger partial charge on any atom is -0.352 e. The molecule has 3 nitrogen and oxygen atoms in total. The third kappa shape index (κ3) is 4.18. The van der Waals surface area contributed by atoms with Gasteiger partial charge in [0.2, 0.25) is 5.91 Å². The maximum absolute atomic E-state index is 12.2. The number of alkyl halides is 3. The van der Waals surface area contributed by atoms with Gasteiger partial charge in [0.1, 0.15) is 0 Å². The van der Waals surface area contributed by atoms with Crippen molar-refractivity contribution in [2.24, 2.45) is 17.8 Å². The molecule has 1 aromatic carbocycles. The van der Waals surface area contributed by atoms with Crippen LogP contribution >= 0.6 is 11.6 Å². The van der Waals surface area contributed by atoms with Gasteiger partial charge in [-0.15, -0.1) is 0 Å². The number of likely N-dealkylation sites (tertiary alicyclic amines) is 1. The standard InChI is InChI=1S/C16H18ClF3N2O/c17-11-3-1-2-10(6-11)7-21-15(23)14-12-8-22(9-13(12)14)5-4-16(18,19)20/h1-3,6,12-14H,4-5,7-9H2,(H,21,23). The molecule has 2 aliphatic rings. The van der Waals surface area contributed by atoms with E-state index in [1.165, 1.54) is 0 Å². The molecular weight excluding hydrogens is 329 g/mol. The van der Waals surface area contributed by atoms with Gasteiger partial charge >= 0.3 is 6.18 Å². The maximum atomic E-state index is 12.2. The van der Waals surface area contributed by atoms with Crippen LogP contribution in [-0.2, 0) is 11.3 Å². The number of carbonyl (C=O) groups excluding carboxylic acids is 1. The summed E-state index contributed by atoms with van der Waals surface area (Å²) in [6.45, 7) is 1.65. The quantitative estimate of drug-likeness (QED) is 0.888. The fourth-order valence-corrected chi connectivity index (χ4v) is 3.64.